The molecule has 27 heavy (non-hydrogen) atoms. The number of aromatic nitrogens is 3. The smallest absolute Gasteiger partial charge is 0.288 e. The highest BCUT2D eigenvalue weighted by atomic mass is 32.2. The molecule has 4 rings (SSSR count). The van der Waals surface area contributed by atoms with Gasteiger partial charge in [-0.05, 0) is 23.3 Å². The van der Waals surface area contributed by atoms with E-state index in [1.807, 2.05) is 13.2 Å². The number of hydrazine groups is 1. The SMILES string of the molecule is CN1C=C(c2cnc3n[nH]c(S(=O)(=O)c4ccccc4[N+](=O)[O-])c3c2)CN1. The van der Waals surface area contributed by atoms with Crippen molar-refractivity contribution in [2.24, 2.45) is 0 Å². The summed E-state index contributed by atoms with van der Waals surface area (Å²) in [7, 11) is -2.35. The molecule has 0 amide bonds. The summed E-state index contributed by atoms with van der Waals surface area (Å²) < 4.78 is 26.2. The molecule has 0 saturated heterocycles. The Morgan fingerprint density at radius 3 is 2.78 bits per heavy atom. The molecule has 0 atom stereocenters. The maximum Gasteiger partial charge on any atom is 0.288 e. The van der Waals surface area contributed by atoms with Gasteiger partial charge in [0, 0.05) is 32.1 Å². The van der Waals surface area contributed by atoms with E-state index in [0.29, 0.717) is 6.54 Å². The molecule has 3 heterocycles. The van der Waals surface area contributed by atoms with Crippen molar-refractivity contribution in [3.63, 3.8) is 0 Å². The van der Waals surface area contributed by atoms with Gasteiger partial charge in [0.1, 0.15) is 0 Å². The normalized spacial score (nSPS) is 14.6. The van der Waals surface area contributed by atoms with E-state index in [4.69, 9.17) is 0 Å². The molecule has 0 fully saturated rings. The lowest BCUT2D eigenvalue weighted by Crippen LogP contribution is -2.23. The highest BCUT2D eigenvalue weighted by Crippen LogP contribution is 2.32. The van der Waals surface area contributed by atoms with E-state index in [2.05, 4.69) is 20.6 Å². The molecule has 2 aromatic heterocycles. The van der Waals surface area contributed by atoms with Gasteiger partial charge in [-0.2, -0.15) is 5.10 Å². The first-order valence-corrected chi connectivity index (χ1v) is 9.36. The van der Waals surface area contributed by atoms with Crippen LogP contribution in [0, 0.1) is 10.1 Å². The number of aromatic amines is 1. The molecule has 0 unspecified atom stereocenters. The van der Waals surface area contributed by atoms with Crippen LogP contribution in [0.3, 0.4) is 0 Å². The molecule has 138 valence electrons. The molecule has 0 spiro atoms. The topological polar surface area (TPSA) is 134 Å². The first kappa shape index (κ1) is 17.1. The lowest BCUT2D eigenvalue weighted by molar-refractivity contribution is -0.387. The Labute approximate surface area is 153 Å². The number of H-pyrrole nitrogens is 1. The maximum atomic E-state index is 13.1. The lowest BCUT2D eigenvalue weighted by atomic mass is 10.1. The second kappa shape index (κ2) is 6.14. The van der Waals surface area contributed by atoms with Gasteiger partial charge in [0.2, 0.25) is 9.84 Å². The molecule has 1 aliphatic heterocycles. The van der Waals surface area contributed by atoms with Crippen LogP contribution in [0.5, 0.6) is 0 Å². The van der Waals surface area contributed by atoms with Crippen molar-refractivity contribution in [2.75, 3.05) is 13.6 Å². The zero-order valence-electron chi connectivity index (χ0n) is 14.1. The van der Waals surface area contributed by atoms with Crippen molar-refractivity contribution < 1.29 is 13.3 Å². The standard InChI is InChI=1S/C16H14N6O4S/c1-21-9-11(8-18-21)10-6-12-15(17-7-10)19-20-16(12)27(25,26)14-5-3-2-4-13(14)22(23)24/h2-7,9,18H,8H2,1H3,(H,17,19,20). The van der Waals surface area contributed by atoms with E-state index in [-0.39, 0.29) is 16.1 Å². The Bertz CT molecular complexity index is 1200. The summed E-state index contributed by atoms with van der Waals surface area (Å²) in [6.45, 7) is 0.577. The van der Waals surface area contributed by atoms with Crippen molar-refractivity contribution in [1.82, 2.24) is 25.6 Å². The summed E-state index contributed by atoms with van der Waals surface area (Å²) in [6.07, 6.45) is 3.48. The number of sulfone groups is 1. The number of para-hydroxylation sites is 1. The van der Waals surface area contributed by atoms with Crippen LogP contribution < -0.4 is 5.43 Å². The zero-order valence-corrected chi connectivity index (χ0v) is 14.9. The molecule has 0 radical (unpaired) electrons. The molecule has 3 aromatic rings. The first-order valence-electron chi connectivity index (χ1n) is 7.88. The Morgan fingerprint density at radius 1 is 1.30 bits per heavy atom. The third-order valence-corrected chi connectivity index (χ3v) is 6.01. The van der Waals surface area contributed by atoms with E-state index >= 15 is 0 Å². The number of hydrogen-bond acceptors (Lipinski definition) is 8. The monoisotopic (exact) mass is 386 g/mol. The number of nitro groups is 1. The molecule has 1 aromatic carbocycles. The predicted octanol–water partition coefficient (Wildman–Crippen LogP) is 1.49. The largest absolute Gasteiger partial charge is 0.318 e. The highest BCUT2D eigenvalue weighted by molar-refractivity contribution is 7.91. The van der Waals surface area contributed by atoms with Crippen molar-refractivity contribution >= 4 is 32.1 Å². The summed E-state index contributed by atoms with van der Waals surface area (Å²) >= 11 is 0. The summed E-state index contributed by atoms with van der Waals surface area (Å²) in [5.74, 6) is 0. The minimum atomic E-state index is -4.19. The van der Waals surface area contributed by atoms with Gasteiger partial charge < -0.3 is 5.01 Å². The van der Waals surface area contributed by atoms with Crippen molar-refractivity contribution in [3.8, 4) is 0 Å². The fourth-order valence-electron chi connectivity index (χ4n) is 2.91. The molecule has 0 aliphatic carbocycles. The number of nitrogens with one attached hydrogen (secondary N) is 2. The number of benzene rings is 1. The van der Waals surface area contributed by atoms with Gasteiger partial charge in [0.05, 0.1) is 10.3 Å². The van der Waals surface area contributed by atoms with Gasteiger partial charge in [0.15, 0.2) is 15.6 Å². The molecular formula is C16H14N6O4S. The highest BCUT2D eigenvalue weighted by Gasteiger charge is 2.30. The fraction of sp³-hybridized carbons (Fsp3) is 0.125. The van der Waals surface area contributed by atoms with Gasteiger partial charge in [-0.3, -0.25) is 15.2 Å². The third kappa shape index (κ3) is 2.82. The van der Waals surface area contributed by atoms with E-state index in [9.17, 15) is 18.5 Å². The molecule has 0 bridgehead atoms. The van der Waals surface area contributed by atoms with Gasteiger partial charge in [-0.15, -0.1) is 0 Å². The third-order valence-electron chi connectivity index (χ3n) is 4.23. The molecule has 1 aliphatic rings. The van der Waals surface area contributed by atoms with Gasteiger partial charge >= 0.3 is 0 Å². The van der Waals surface area contributed by atoms with Crippen LogP contribution in [-0.2, 0) is 9.84 Å². The van der Waals surface area contributed by atoms with Crippen LogP contribution in [0.25, 0.3) is 16.6 Å². The van der Waals surface area contributed by atoms with Crippen molar-refractivity contribution in [2.45, 2.75) is 9.92 Å². The molecule has 0 saturated carbocycles. The van der Waals surface area contributed by atoms with Gasteiger partial charge in [-0.25, -0.2) is 18.8 Å². The van der Waals surface area contributed by atoms with E-state index in [1.54, 1.807) is 17.3 Å². The quantitative estimate of drug-likeness (QED) is 0.509. The lowest BCUT2D eigenvalue weighted by Gasteiger charge is -2.05. The fourth-order valence-corrected chi connectivity index (χ4v) is 4.42. The second-order valence-electron chi connectivity index (χ2n) is 5.98. The van der Waals surface area contributed by atoms with Gasteiger partial charge in [-0.1, -0.05) is 12.1 Å². The molecular weight excluding hydrogens is 372 g/mol. The minimum Gasteiger partial charge on any atom is -0.318 e. The Hall–Kier alpha value is -3.31. The summed E-state index contributed by atoms with van der Waals surface area (Å²) in [6, 6.07) is 6.88. The molecule has 2 N–H and O–H groups in total. The van der Waals surface area contributed by atoms with Crippen LogP contribution in [0.1, 0.15) is 5.56 Å². The summed E-state index contributed by atoms with van der Waals surface area (Å²) in [5.41, 5.74) is 4.49. The number of pyridine rings is 1. The van der Waals surface area contributed by atoms with Crippen molar-refractivity contribution in [3.05, 3.63) is 58.4 Å². The maximum absolute atomic E-state index is 13.1. The Kier molecular flexibility index (Phi) is 3.89. The number of fused-ring (bicyclic) bond motifs is 1. The van der Waals surface area contributed by atoms with Crippen LogP contribution >= 0.6 is 0 Å². The second-order valence-corrected chi connectivity index (χ2v) is 7.83. The average Bonchev–Trinajstić information content (AvgIpc) is 3.27. The zero-order chi connectivity index (χ0) is 19.2. The van der Waals surface area contributed by atoms with Crippen LogP contribution in [0.2, 0.25) is 0 Å². The van der Waals surface area contributed by atoms with E-state index in [1.165, 1.54) is 18.2 Å². The summed E-state index contributed by atoms with van der Waals surface area (Å²) in [5, 5.41) is 19.5. The van der Waals surface area contributed by atoms with Crippen LogP contribution in [-0.4, -0.2) is 47.1 Å². The first-order chi connectivity index (χ1) is 12.9. The molecule has 10 nitrogen and oxygen atoms in total. The Morgan fingerprint density at radius 2 is 2.07 bits per heavy atom. The average molecular weight is 386 g/mol. The van der Waals surface area contributed by atoms with Crippen LogP contribution in [0.4, 0.5) is 5.69 Å². The Balaban J connectivity index is 1.89. The van der Waals surface area contributed by atoms with Gasteiger partial charge in [0.25, 0.3) is 5.69 Å². The number of rotatable bonds is 4. The van der Waals surface area contributed by atoms with E-state index < -0.39 is 25.3 Å². The predicted molar refractivity (Wildman–Crippen MR) is 96.2 cm³/mol. The van der Waals surface area contributed by atoms with Crippen LogP contribution in [0.15, 0.2) is 52.7 Å². The number of nitro benzene ring substituents is 1. The summed E-state index contributed by atoms with van der Waals surface area (Å²) in [4.78, 5) is 14.3. The molecule has 11 heteroatoms. The number of nitrogens with zero attached hydrogens (tertiary/aromatic N) is 4. The number of hydrogen-bond donors (Lipinski definition) is 2. The minimum absolute atomic E-state index is 0.218. The van der Waals surface area contributed by atoms with E-state index in [0.717, 1.165) is 17.2 Å². The van der Waals surface area contributed by atoms with Crippen molar-refractivity contribution in [1.29, 1.82) is 0 Å².